The lowest BCUT2D eigenvalue weighted by atomic mass is 10.1. The highest BCUT2D eigenvalue weighted by atomic mass is 32.2. The maximum Gasteiger partial charge on any atom is 0.501 e. The van der Waals surface area contributed by atoms with E-state index in [0.29, 0.717) is 18.6 Å². The minimum absolute atomic E-state index is 0.0207. The number of carbonyl (C=O) groups excluding carboxylic acids is 2. The Labute approximate surface area is 174 Å². The zero-order valence-corrected chi connectivity index (χ0v) is 16.8. The number of aromatic nitrogens is 1. The molecule has 1 aliphatic heterocycles. The molecule has 0 radical (unpaired) electrons. The summed E-state index contributed by atoms with van der Waals surface area (Å²) >= 11 is 0. The lowest BCUT2D eigenvalue weighted by Gasteiger charge is -2.14. The zero-order chi connectivity index (χ0) is 22.6. The van der Waals surface area contributed by atoms with Crippen LogP contribution in [-0.2, 0) is 21.1 Å². The molecule has 1 aliphatic carbocycles. The van der Waals surface area contributed by atoms with Crippen LogP contribution in [0.2, 0.25) is 0 Å². The Hall–Kier alpha value is -3.15. The summed E-state index contributed by atoms with van der Waals surface area (Å²) in [7, 11) is -4.03. The molecule has 31 heavy (non-hydrogen) atoms. The van der Waals surface area contributed by atoms with Crippen molar-refractivity contribution in [1.29, 1.82) is 0 Å². The van der Waals surface area contributed by atoms with Gasteiger partial charge in [0, 0.05) is 6.20 Å². The average molecular weight is 455 g/mol. The molecule has 1 saturated carbocycles. The number of carbonyl (C=O) groups is 2. The summed E-state index contributed by atoms with van der Waals surface area (Å²) in [6, 6.07) is 4.47. The molecule has 164 valence electrons. The van der Waals surface area contributed by atoms with Gasteiger partial charge in [0.25, 0.3) is 15.7 Å². The van der Waals surface area contributed by atoms with E-state index in [-0.39, 0.29) is 11.6 Å². The minimum atomic E-state index is -5.53. The number of nitrogens with one attached hydrogen (secondary N) is 1. The van der Waals surface area contributed by atoms with Gasteiger partial charge >= 0.3 is 11.5 Å². The predicted molar refractivity (Wildman–Crippen MR) is 101 cm³/mol. The van der Waals surface area contributed by atoms with Gasteiger partial charge in [-0.2, -0.15) is 13.2 Å². The largest absolute Gasteiger partial charge is 0.501 e. The lowest BCUT2D eigenvalue weighted by Crippen LogP contribution is -2.35. The molecule has 4 rings (SSSR count). The van der Waals surface area contributed by atoms with E-state index in [0.717, 1.165) is 34.7 Å². The predicted octanol–water partition coefficient (Wildman–Crippen LogP) is 2.44. The summed E-state index contributed by atoms with van der Waals surface area (Å²) in [5.74, 6) is -0.184. The Kier molecular flexibility index (Phi) is 4.72. The Bertz CT molecular complexity index is 1170. The first kappa shape index (κ1) is 21.1. The monoisotopic (exact) mass is 455 g/mol. The molecule has 1 N–H and O–H groups in total. The van der Waals surface area contributed by atoms with Gasteiger partial charge in [-0.1, -0.05) is 0 Å². The van der Waals surface area contributed by atoms with Crippen molar-refractivity contribution in [1.82, 2.24) is 10.3 Å². The fourth-order valence-corrected chi connectivity index (χ4v) is 4.51. The number of methoxy groups -OCH3 is 1. The normalized spacial score (nSPS) is 23.2. The number of benzene rings is 1. The fraction of sp³-hybridized carbons (Fsp3) is 0.316. The topological polar surface area (TPSA) is 106 Å². The maximum atomic E-state index is 13.0. The molecule has 2 heterocycles. The van der Waals surface area contributed by atoms with Gasteiger partial charge in [-0.15, -0.1) is 0 Å². The summed E-state index contributed by atoms with van der Waals surface area (Å²) in [5, 5.41) is 2.66. The number of halogens is 3. The number of imide groups is 1. The highest BCUT2D eigenvalue weighted by Crippen LogP contribution is 2.51. The number of amides is 3. The number of ether oxygens (including phenoxy) is 1. The second kappa shape index (κ2) is 6.94. The number of sulfone groups is 1. The highest BCUT2D eigenvalue weighted by Gasteiger charge is 2.67. The summed E-state index contributed by atoms with van der Waals surface area (Å²) in [5.41, 5.74) is -5.76. The molecule has 8 nitrogen and oxygen atoms in total. The third-order valence-electron chi connectivity index (χ3n) is 5.49. The zero-order valence-electron chi connectivity index (χ0n) is 16.0. The third kappa shape index (κ3) is 3.30. The van der Waals surface area contributed by atoms with E-state index in [9.17, 15) is 31.2 Å². The van der Waals surface area contributed by atoms with Crippen LogP contribution < -0.4 is 15.0 Å². The van der Waals surface area contributed by atoms with Gasteiger partial charge in [0.05, 0.1) is 23.9 Å². The molecule has 3 amide bonds. The molecular formula is C19H16F3N3O5S. The van der Waals surface area contributed by atoms with E-state index in [1.54, 1.807) is 18.5 Å². The Morgan fingerprint density at radius 3 is 2.52 bits per heavy atom. The van der Waals surface area contributed by atoms with Gasteiger partial charge in [-0.05, 0) is 54.7 Å². The number of hydrogen-bond donors (Lipinski definition) is 1. The summed E-state index contributed by atoms with van der Waals surface area (Å²) in [4.78, 5) is 29.3. The Morgan fingerprint density at radius 2 is 1.90 bits per heavy atom. The van der Waals surface area contributed by atoms with Crippen molar-refractivity contribution < 1.29 is 35.9 Å². The summed E-state index contributed by atoms with van der Waals surface area (Å²) in [6.07, 6.45) is 3.97. The number of hydrogen-bond acceptors (Lipinski definition) is 6. The molecule has 0 bridgehead atoms. The van der Waals surface area contributed by atoms with Crippen molar-refractivity contribution in [2.75, 3.05) is 12.0 Å². The standard InChI is InChI=1S/C19H16F3N3O5S/c1-30-15-10-23-7-6-11(15)8-12-9-18(12)16(26)25(17(27)24-18)13-2-4-14(5-3-13)31(28,29)19(20,21)22/h2-7,10,12H,8-9H2,1H3,(H,24,27). The van der Waals surface area contributed by atoms with Crippen LogP contribution in [0.5, 0.6) is 5.75 Å². The van der Waals surface area contributed by atoms with Crippen molar-refractivity contribution >= 4 is 27.5 Å². The van der Waals surface area contributed by atoms with E-state index in [1.807, 2.05) is 0 Å². The van der Waals surface area contributed by atoms with Crippen LogP contribution in [0.25, 0.3) is 0 Å². The SMILES string of the molecule is COc1cnccc1CC1CC12NC(=O)N(c1ccc(S(=O)(=O)C(F)(F)F)cc1)C2=O. The first-order valence-electron chi connectivity index (χ1n) is 9.06. The number of pyridine rings is 1. The van der Waals surface area contributed by atoms with E-state index in [2.05, 4.69) is 10.3 Å². The average Bonchev–Trinajstić information content (AvgIpc) is 3.33. The highest BCUT2D eigenvalue weighted by molar-refractivity contribution is 7.92. The summed E-state index contributed by atoms with van der Waals surface area (Å²) in [6.45, 7) is 0. The number of urea groups is 1. The van der Waals surface area contributed by atoms with Crippen LogP contribution in [0.15, 0.2) is 47.6 Å². The van der Waals surface area contributed by atoms with Crippen LogP contribution in [0.1, 0.15) is 12.0 Å². The van der Waals surface area contributed by atoms with E-state index < -0.39 is 37.7 Å². The van der Waals surface area contributed by atoms with Crippen LogP contribution in [-0.4, -0.2) is 43.5 Å². The fourth-order valence-electron chi connectivity index (χ4n) is 3.75. The third-order valence-corrected chi connectivity index (χ3v) is 6.99. The molecular weight excluding hydrogens is 439 g/mol. The van der Waals surface area contributed by atoms with Crippen LogP contribution >= 0.6 is 0 Å². The molecule has 2 aromatic rings. The van der Waals surface area contributed by atoms with Gasteiger partial charge in [0.1, 0.15) is 11.3 Å². The number of nitrogens with zero attached hydrogens (tertiary/aromatic N) is 2. The van der Waals surface area contributed by atoms with Crippen LogP contribution in [0.3, 0.4) is 0 Å². The minimum Gasteiger partial charge on any atom is -0.495 e. The lowest BCUT2D eigenvalue weighted by molar-refractivity contribution is -0.119. The van der Waals surface area contributed by atoms with Gasteiger partial charge in [-0.3, -0.25) is 9.78 Å². The van der Waals surface area contributed by atoms with Gasteiger partial charge in [-0.25, -0.2) is 18.1 Å². The maximum absolute atomic E-state index is 13.0. The molecule has 1 aromatic carbocycles. The molecule has 1 saturated heterocycles. The first-order valence-corrected chi connectivity index (χ1v) is 10.5. The van der Waals surface area contributed by atoms with Gasteiger partial charge in [0.15, 0.2) is 0 Å². The molecule has 2 atom stereocenters. The van der Waals surface area contributed by atoms with Crippen LogP contribution in [0.4, 0.5) is 23.7 Å². The number of anilines is 1. The second-order valence-electron chi connectivity index (χ2n) is 7.28. The molecule has 1 spiro atoms. The molecule has 2 aliphatic rings. The van der Waals surface area contributed by atoms with Gasteiger partial charge in [0.2, 0.25) is 0 Å². The van der Waals surface area contributed by atoms with Crippen molar-refractivity contribution in [2.45, 2.75) is 28.8 Å². The molecule has 2 unspecified atom stereocenters. The molecule has 1 aromatic heterocycles. The summed E-state index contributed by atoms with van der Waals surface area (Å²) < 4.78 is 66.4. The Balaban J connectivity index is 1.55. The van der Waals surface area contributed by atoms with E-state index >= 15 is 0 Å². The van der Waals surface area contributed by atoms with Gasteiger partial charge < -0.3 is 10.1 Å². The molecule has 12 heteroatoms. The van der Waals surface area contributed by atoms with Crippen LogP contribution in [0, 0.1) is 5.92 Å². The van der Waals surface area contributed by atoms with Crippen molar-refractivity contribution in [3.8, 4) is 5.75 Å². The second-order valence-corrected chi connectivity index (χ2v) is 9.22. The number of alkyl halides is 3. The van der Waals surface area contributed by atoms with Crippen molar-refractivity contribution in [3.05, 3.63) is 48.3 Å². The smallest absolute Gasteiger partial charge is 0.495 e. The quantitative estimate of drug-likeness (QED) is 0.695. The van der Waals surface area contributed by atoms with Crippen molar-refractivity contribution in [3.63, 3.8) is 0 Å². The first-order chi connectivity index (χ1) is 14.5. The molecule has 2 fully saturated rings. The van der Waals surface area contributed by atoms with E-state index in [4.69, 9.17) is 4.74 Å². The Morgan fingerprint density at radius 1 is 1.23 bits per heavy atom. The van der Waals surface area contributed by atoms with E-state index in [1.165, 1.54) is 7.11 Å². The number of rotatable bonds is 5. The van der Waals surface area contributed by atoms with Crippen molar-refractivity contribution in [2.24, 2.45) is 5.92 Å².